The summed E-state index contributed by atoms with van der Waals surface area (Å²) in [4.78, 5) is 26.3. The van der Waals surface area contributed by atoms with Crippen molar-refractivity contribution in [3.63, 3.8) is 0 Å². The average Bonchev–Trinajstić information content (AvgIpc) is 2.95. The van der Waals surface area contributed by atoms with Gasteiger partial charge in [0.2, 0.25) is 0 Å². The normalized spacial score (nSPS) is 14.3. The van der Waals surface area contributed by atoms with E-state index in [2.05, 4.69) is 50.5 Å². The van der Waals surface area contributed by atoms with E-state index >= 15 is 0 Å². The summed E-state index contributed by atoms with van der Waals surface area (Å²) in [6.45, 7) is 3.07. The molecule has 1 N–H and O–H groups in total. The van der Waals surface area contributed by atoms with Crippen LogP contribution in [0.1, 0.15) is 39.9 Å². The number of piperidine rings is 1. The molecule has 1 fully saturated rings. The lowest BCUT2D eigenvalue weighted by Crippen LogP contribution is -2.33. The van der Waals surface area contributed by atoms with Crippen LogP contribution in [0.3, 0.4) is 0 Å². The van der Waals surface area contributed by atoms with Gasteiger partial charge in [-0.25, -0.2) is 10.2 Å². The molecule has 0 radical (unpaired) electrons. The first-order valence-corrected chi connectivity index (χ1v) is 12.7. The van der Waals surface area contributed by atoms with Crippen molar-refractivity contribution in [3.05, 3.63) is 95.1 Å². The number of nitrogens with zero attached hydrogens (tertiary/aromatic N) is 2. The van der Waals surface area contributed by atoms with Crippen molar-refractivity contribution in [2.24, 2.45) is 11.0 Å². The van der Waals surface area contributed by atoms with Gasteiger partial charge in [0.1, 0.15) is 0 Å². The number of rotatable bonds is 9. The van der Waals surface area contributed by atoms with E-state index in [9.17, 15) is 9.59 Å². The van der Waals surface area contributed by atoms with Gasteiger partial charge in [-0.15, -0.1) is 0 Å². The van der Waals surface area contributed by atoms with Crippen LogP contribution in [0.5, 0.6) is 11.5 Å². The Bertz CT molecular complexity index is 1240. The van der Waals surface area contributed by atoms with E-state index in [1.165, 1.54) is 44.4 Å². The molecule has 3 aromatic rings. The van der Waals surface area contributed by atoms with Gasteiger partial charge in [0.15, 0.2) is 11.5 Å². The fourth-order valence-corrected chi connectivity index (χ4v) is 4.53. The molecule has 1 saturated heterocycles. The number of amides is 1. The Morgan fingerprint density at radius 3 is 2.37 bits per heavy atom. The molecular formula is C30H33N3O5. The number of benzene rings is 3. The Kier molecular flexibility index (Phi) is 9.48. The van der Waals surface area contributed by atoms with E-state index in [0.29, 0.717) is 16.9 Å². The zero-order chi connectivity index (χ0) is 26.7. The fraction of sp³-hybridized carbons (Fsp3) is 0.300. The molecule has 0 bridgehead atoms. The molecule has 1 aliphatic heterocycles. The minimum Gasteiger partial charge on any atom is -0.493 e. The van der Waals surface area contributed by atoms with Gasteiger partial charge in [-0.05, 0) is 85.3 Å². The summed E-state index contributed by atoms with van der Waals surface area (Å²) in [7, 11) is 2.68. The fourth-order valence-electron chi connectivity index (χ4n) is 4.53. The summed E-state index contributed by atoms with van der Waals surface area (Å²) < 4.78 is 14.8. The predicted octanol–water partition coefficient (Wildman–Crippen LogP) is 5.06. The second-order valence-corrected chi connectivity index (χ2v) is 9.27. The third kappa shape index (κ3) is 7.66. The number of nitrogens with one attached hydrogen (secondary N) is 1. The van der Waals surface area contributed by atoms with Gasteiger partial charge >= 0.3 is 6.16 Å². The topological polar surface area (TPSA) is 89.5 Å². The maximum absolute atomic E-state index is 12.5. The first kappa shape index (κ1) is 26.9. The van der Waals surface area contributed by atoms with Crippen LogP contribution in [0.15, 0.2) is 77.9 Å². The Morgan fingerprint density at radius 1 is 0.947 bits per heavy atom. The molecule has 0 aromatic heterocycles. The molecule has 8 nitrogen and oxygen atoms in total. The molecule has 0 spiro atoms. The van der Waals surface area contributed by atoms with Gasteiger partial charge in [0.05, 0.1) is 20.4 Å². The molecule has 0 atom stereocenters. The number of methoxy groups -OCH3 is 2. The molecule has 1 amide bonds. The monoisotopic (exact) mass is 515 g/mol. The van der Waals surface area contributed by atoms with Crippen LogP contribution < -0.4 is 14.9 Å². The Morgan fingerprint density at radius 2 is 1.68 bits per heavy atom. The molecule has 0 aliphatic carbocycles. The van der Waals surface area contributed by atoms with E-state index in [1.807, 2.05) is 24.3 Å². The minimum absolute atomic E-state index is 0.220. The van der Waals surface area contributed by atoms with Crippen LogP contribution in [0, 0.1) is 5.92 Å². The van der Waals surface area contributed by atoms with Crippen molar-refractivity contribution in [1.29, 1.82) is 0 Å². The highest BCUT2D eigenvalue weighted by atomic mass is 16.7. The lowest BCUT2D eigenvalue weighted by atomic mass is 9.90. The van der Waals surface area contributed by atoms with E-state index < -0.39 is 6.16 Å². The van der Waals surface area contributed by atoms with Crippen molar-refractivity contribution >= 4 is 18.3 Å². The number of carbonyl (C=O) groups is 2. The third-order valence-electron chi connectivity index (χ3n) is 6.62. The first-order valence-electron chi connectivity index (χ1n) is 12.7. The summed E-state index contributed by atoms with van der Waals surface area (Å²) in [5.41, 5.74) is 6.34. The Labute approximate surface area is 223 Å². The molecule has 1 aliphatic rings. The lowest BCUT2D eigenvalue weighted by Gasteiger charge is -2.32. The van der Waals surface area contributed by atoms with Crippen molar-refractivity contribution in [1.82, 2.24) is 10.3 Å². The molecular weight excluding hydrogens is 482 g/mol. The number of ether oxygens (including phenoxy) is 3. The van der Waals surface area contributed by atoms with Crippen molar-refractivity contribution < 1.29 is 23.8 Å². The summed E-state index contributed by atoms with van der Waals surface area (Å²) in [6.07, 6.45) is 4.22. The SMILES string of the molecule is COC(=O)Oc1ccc(C=NNC(=O)c2ccc(CN3CCC(Cc4ccccc4)CC3)cc2)cc1OC. The Balaban J connectivity index is 1.24. The van der Waals surface area contributed by atoms with E-state index in [-0.39, 0.29) is 11.7 Å². The van der Waals surface area contributed by atoms with Crippen molar-refractivity contribution in [3.8, 4) is 11.5 Å². The average molecular weight is 516 g/mol. The largest absolute Gasteiger partial charge is 0.513 e. The van der Waals surface area contributed by atoms with Crippen LogP contribution in [0.25, 0.3) is 0 Å². The van der Waals surface area contributed by atoms with Crippen molar-refractivity contribution in [2.75, 3.05) is 27.3 Å². The second-order valence-electron chi connectivity index (χ2n) is 9.27. The molecule has 4 rings (SSSR count). The van der Waals surface area contributed by atoms with Crippen LogP contribution >= 0.6 is 0 Å². The summed E-state index contributed by atoms with van der Waals surface area (Å²) >= 11 is 0. The third-order valence-corrected chi connectivity index (χ3v) is 6.62. The summed E-state index contributed by atoms with van der Waals surface area (Å²) in [6, 6.07) is 23.2. The number of carbonyl (C=O) groups excluding carboxylic acids is 2. The molecule has 38 heavy (non-hydrogen) atoms. The predicted molar refractivity (Wildman–Crippen MR) is 146 cm³/mol. The van der Waals surface area contributed by atoms with E-state index in [1.54, 1.807) is 18.2 Å². The second kappa shape index (κ2) is 13.4. The van der Waals surface area contributed by atoms with Crippen LogP contribution in [-0.4, -0.2) is 50.5 Å². The van der Waals surface area contributed by atoms with Gasteiger partial charge < -0.3 is 14.2 Å². The number of hydrogen-bond donors (Lipinski definition) is 1. The number of likely N-dealkylation sites (tertiary alicyclic amines) is 1. The van der Waals surface area contributed by atoms with Crippen molar-refractivity contribution in [2.45, 2.75) is 25.8 Å². The first-order chi connectivity index (χ1) is 18.5. The van der Waals surface area contributed by atoms with Crippen LogP contribution in [0.4, 0.5) is 4.79 Å². The maximum atomic E-state index is 12.5. The van der Waals surface area contributed by atoms with E-state index in [0.717, 1.165) is 32.0 Å². The molecule has 3 aromatic carbocycles. The van der Waals surface area contributed by atoms with Gasteiger partial charge in [0.25, 0.3) is 5.91 Å². The molecule has 0 unspecified atom stereocenters. The van der Waals surface area contributed by atoms with Gasteiger partial charge in [-0.2, -0.15) is 5.10 Å². The zero-order valence-corrected chi connectivity index (χ0v) is 21.8. The summed E-state index contributed by atoms with van der Waals surface area (Å²) in [5.74, 6) is 0.999. The number of hydrogen-bond acceptors (Lipinski definition) is 7. The highest BCUT2D eigenvalue weighted by Crippen LogP contribution is 2.28. The lowest BCUT2D eigenvalue weighted by molar-refractivity contribution is 0.0954. The zero-order valence-electron chi connectivity index (χ0n) is 21.8. The molecule has 0 saturated carbocycles. The molecule has 8 heteroatoms. The highest BCUT2D eigenvalue weighted by Gasteiger charge is 2.19. The van der Waals surface area contributed by atoms with Crippen LogP contribution in [-0.2, 0) is 17.7 Å². The van der Waals surface area contributed by atoms with Gasteiger partial charge in [-0.1, -0.05) is 42.5 Å². The highest BCUT2D eigenvalue weighted by molar-refractivity contribution is 5.95. The van der Waals surface area contributed by atoms with Gasteiger partial charge in [0, 0.05) is 12.1 Å². The quantitative estimate of drug-likeness (QED) is 0.185. The molecule has 198 valence electrons. The maximum Gasteiger partial charge on any atom is 0.513 e. The number of hydrazone groups is 1. The van der Waals surface area contributed by atoms with E-state index in [4.69, 9.17) is 9.47 Å². The Hall–Kier alpha value is -4.17. The smallest absolute Gasteiger partial charge is 0.493 e. The standard InChI is InChI=1S/C30H33N3O5/c1-36-28-19-25(10-13-27(28)38-30(35)37-2)20-31-32-29(34)26-11-8-24(9-12-26)21-33-16-14-23(15-17-33)18-22-6-4-3-5-7-22/h3-13,19-20,23H,14-18,21H2,1-2H3,(H,32,34). The van der Waals surface area contributed by atoms with Crippen LogP contribution in [0.2, 0.25) is 0 Å². The minimum atomic E-state index is -0.841. The van der Waals surface area contributed by atoms with Gasteiger partial charge in [-0.3, -0.25) is 9.69 Å². The molecule has 1 heterocycles. The summed E-state index contributed by atoms with van der Waals surface area (Å²) in [5, 5.41) is 4.03.